The molecule has 2 aliphatic rings. The molecule has 1 saturated heterocycles. The molecule has 5 rings (SSSR count). The minimum absolute atomic E-state index is 0.250. The molecule has 0 unspecified atom stereocenters. The summed E-state index contributed by atoms with van der Waals surface area (Å²) in [6, 6.07) is 16.2. The third kappa shape index (κ3) is 4.18. The molecule has 5 nitrogen and oxygen atoms in total. The number of furan rings is 1. The SMILES string of the molecule is O=C1N=C(N2CCN(c3ccc(F)cc3)CC2)S/C1=C\c1ccc(-c2ccccc2F)o1. The maximum Gasteiger partial charge on any atom is 0.286 e. The van der Waals surface area contributed by atoms with Gasteiger partial charge >= 0.3 is 0 Å². The maximum atomic E-state index is 14.0. The van der Waals surface area contributed by atoms with Gasteiger partial charge < -0.3 is 14.2 Å². The van der Waals surface area contributed by atoms with Gasteiger partial charge in [0, 0.05) is 37.9 Å². The van der Waals surface area contributed by atoms with Crippen LogP contribution < -0.4 is 4.90 Å². The fourth-order valence-electron chi connectivity index (χ4n) is 3.71. The van der Waals surface area contributed by atoms with Gasteiger partial charge in [-0.2, -0.15) is 4.99 Å². The van der Waals surface area contributed by atoms with E-state index in [1.807, 2.05) is 0 Å². The fourth-order valence-corrected chi connectivity index (χ4v) is 4.65. The van der Waals surface area contributed by atoms with E-state index in [4.69, 9.17) is 4.42 Å². The number of aliphatic imine (C=N–C) groups is 1. The van der Waals surface area contributed by atoms with E-state index in [9.17, 15) is 13.6 Å². The van der Waals surface area contributed by atoms with Gasteiger partial charge in [0.25, 0.3) is 5.91 Å². The van der Waals surface area contributed by atoms with Gasteiger partial charge in [0.05, 0.1) is 10.5 Å². The molecule has 0 atom stereocenters. The number of amidine groups is 1. The molecule has 0 bridgehead atoms. The summed E-state index contributed by atoms with van der Waals surface area (Å²) < 4.78 is 32.9. The van der Waals surface area contributed by atoms with Crippen LogP contribution in [0.15, 0.2) is 75.0 Å². The van der Waals surface area contributed by atoms with E-state index >= 15 is 0 Å². The van der Waals surface area contributed by atoms with E-state index in [1.54, 1.807) is 48.5 Å². The molecule has 0 saturated carbocycles. The van der Waals surface area contributed by atoms with Crippen molar-refractivity contribution in [1.29, 1.82) is 0 Å². The van der Waals surface area contributed by atoms with Gasteiger partial charge in [-0.3, -0.25) is 4.79 Å². The van der Waals surface area contributed by atoms with E-state index in [2.05, 4.69) is 14.8 Å². The highest BCUT2D eigenvalue weighted by Crippen LogP contribution is 2.33. The molecule has 2 aromatic carbocycles. The van der Waals surface area contributed by atoms with Crippen LogP contribution >= 0.6 is 11.8 Å². The molecule has 8 heteroatoms. The topological polar surface area (TPSA) is 49.1 Å². The minimum Gasteiger partial charge on any atom is -0.457 e. The number of carbonyl (C=O) groups excluding carboxylic acids is 1. The fraction of sp³-hybridized carbons (Fsp3) is 0.167. The van der Waals surface area contributed by atoms with Gasteiger partial charge in [-0.1, -0.05) is 12.1 Å². The molecule has 0 aliphatic carbocycles. The van der Waals surface area contributed by atoms with Crippen LogP contribution in [-0.2, 0) is 4.79 Å². The van der Waals surface area contributed by atoms with Gasteiger partial charge in [0.2, 0.25) is 0 Å². The van der Waals surface area contributed by atoms with Crippen LogP contribution in [0.5, 0.6) is 0 Å². The van der Waals surface area contributed by atoms with E-state index in [0.29, 0.717) is 40.2 Å². The lowest BCUT2D eigenvalue weighted by Gasteiger charge is -2.36. The Balaban J connectivity index is 1.24. The molecule has 3 heterocycles. The quantitative estimate of drug-likeness (QED) is 0.524. The van der Waals surface area contributed by atoms with E-state index < -0.39 is 0 Å². The Bertz CT molecular complexity index is 1210. The number of benzene rings is 2. The second kappa shape index (κ2) is 8.63. The first-order chi connectivity index (χ1) is 15.6. The van der Waals surface area contributed by atoms with Crippen molar-refractivity contribution < 1.29 is 18.0 Å². The smallest absolute Gasteiger partial charge is 0.286 e. The molecular formula is C24H19F2N3O2S. The third-order valence-corrected chi connectivity index (χ3v) is 6.44. The molecule has 2 aliphatic heterocycles. The first-order valence-electron chi connectivity index (χ1n) is 10.2. The van der Waals surface area contributed by atoms with Gasteiger partial charge in [0.15, 0.2) is 5.17 Å². The molecule has 1 fully saturated rings. The number of hydrogen-bond donors (Lipinski definition) is 0. The highest BCUT2D eigenvalue weighted by molar-refractivity contribution is 8.18. The average Bonchev–Trinajstić information content (AvgIpc) is 3.42. The molecule has 3 aromatic rings. The number of piperazine rings is 1. The Labute approximate surface area is 188 Å². The molecular weight excluding hydrogens is 432 g/mol. The second-order valence-electron chi connectivity index (χ2n) is 7.44. The van der Waals surface area contributed by atoms with Crippen LogP contribution in [0.25, 0.3) is 17.4 Å². The summed E-state index contributed by atoms with van der Waals surface area (Å²) in [5.41, 5.74) is 1.35. The summed E-state index contributed by atoms with van der Waals surface area (Å²) in [4.78, 5) is 21.4. The number of amides is 1. The molecule has 1 amide bonds. The van der Waals surface area contributed by atoms with Gasteiger partial charge in [-0.15, -0.1) is 0 Å². The number of carbonyl (C=O) groups is 1. The second-order valence-corrected chi connectivity index (χ2v) is 8.45. The zero-order valence-electron chi connectivity index (χ0n) is 17.0. The van der Waals surface area contributed by atoms with Crippen LogP contribution in [0.4, 0.5) is 14.5 Å². The van der Waals surface area contributed by atoms with Crippen molar-refractivity contribution in [3.05, 3.63) is 83.0 Å². The van der Waals surface area contributed by atoms with Crippen molar-refractivity contribution in [2.24, 2.45) is 4.99 Å². The predicted octanol–water partition coefficient (Wildman–Crippen LogP) is 5.02. The Hall–Kier alpha value is -3.39. The monoisotopic (exact) mass is 451 g/mol. The lowest BCUT2D eigenvalue weighted by Crippen LogP contribution is -2.47. The van der Waals surface area contributed by atoms with Crippen LogP contribution in [0.3, 0.4) is 0 Å². The summed E-state index contributed by atoms with van der Waals surface area (Å²) >= 11 is 1.31. The first-order valence-corrected chi connectivity index (χ1v) is 11.0. The van der Waals surface area contributed by atoms with Crippen molar-refractivity contribution in [1.82, 2.24) is 4.90 Å². The standard InChI is InChI=1S/C24H19F2N3O2S/c25-16-5-7-17(8-6-16)28-11-13-29(14-12-28)24-27-23(30)22(32-24)15-18-9-10-21(31-18)19-3-1-2-4-20(19)26/h1-10,15H,11-14H2/b22-15-. The van der Waals surface area contributed by atoms with Gasteiger partial charge in [-0.05, 0) is 60.3 Å². The van der Waals surface area contributed by atoms with Gasteiger partial charge in [-0.25, -0.2) is 8.78 Å². The molecule has 0 N–H and O–H groups in total. The number of hydrogen-bond acceptors (Lipinski definition) is 5. The third-order valence-electron chi connectivity index (χ3n) is 5.39. The molecule has 0 spiro atoms. The zero-order chi connectivity index (χ0) is 22.1. The molecule has 1 aromatic heterocycles. The Morgan fingerprint density at radius 2 is 1.62 bits per heavy atom. The van der Waals surface area contributed by atoms with Crippen LogP contribution in [-0.4, -0.2) is 42.2 Å². The van der Waals surface area contributed by atoms with E-state index in [1.165, 1.54) is 30.0 Å². The lowest BCUT2D eigenvalue weighted by atomic mass is 10.1. The van der Waals surface area contributed by atoms with Crippen molar-refractivity contribution >= 4 is 34.6 Å². The Morgan fingerprint density at radius 1 is 0.906 bits per heavy atom. The number of rotatable bonds is 3. The highest BCUT2D eigenvalue weighted by Gasteiger charge is 2.29. The van der Waals surface area contributed by atoms with E-state index in [0.717, 1.165) is 18.8 Å². The predicted molar refractivity (Wildman–Crippen MR) is 122 cm³/mol. The van der Waals surface area contributed by atoms with Crippen molar-refractivity contribution in [2.45, 2.75) is 0 Å². The summed E-state index contributed by atoms with van der Waals surface area (Å²) in [6.45, 7) is 2.93. The van der Waals surface area contributed by atoms with Crippen molar-refractivity contribution in [3.8, 4) is 11.3 Å². The minimum atomic E-state index is -0.363. The number of nitrogens with zero attached hydrogens (tertiary/aromatic N) is 3. The Kier molecular flexibility index (Phi) is 5.53. The summed E-state index contributed by atoms with van der Waals surface area (Å²) in [7, 11) is 0. The van der Waals surface area contributed by atoms with Gasteiger partial charge in [0.1, 0.15) is 23.2 Å². The van der Waals surface area contributed by atoms with E-state index in [-0.39, 0.29) is 17.5 Å². The summed E-state index contributed by atoms with van der Waals surface area (Å²) in [5, 5.41) is 0.667. The normalized spacial score (nSPS) is 17.9. The number of anilines is 1. The largest absolute Gasteiger partial charge is 0.457 e. The summed E-state index contributed by atoms with van der Waals surface area (Å²) in [5.74, 6) is -0.0489. The van der Waals surface area contributed by atoms with Crippen LogP contribution in [0.2, 0.25) is 0 Å². The highest BCUT2D eigenvalue weighted by atomic mass is 32.2. The summed E-state index contributed by atoms with van der Waals surface area (Å²) in [6.07, 6.45) is 1.64. The molecule has 32 heavy (non-hydrogen) atoms. The first kappa shape index (κ1) is 20.5. The molecule has 162 valence electrons. The Morgan fingerprint density at radius 3 is 2.38 bits per heavy atom. The maximum absolute atomic E-state index is 14.0. The zero-order valence-corrected chi connectivity index (χ0v) is 17.8. The average molecular weight is 451 g/mol. The van der Waals surface area contributed by atoms with Crippen molar-refractivity contribution in [3.63, 3.8) is 0 Å². The van der Waals surface area contributed by atoms with Crippen LogP contribution in [0.1, 0.15) is 5.76 Å². The molecule has 0 radical (unpaired) electrons. The van der Waals surface area contributed by atoms with Crippen molar-refractivity contribution in [2.75, 3.05) is 31.1 Å². The number of halogens is 2. The number of thioether (sulfide) groups is 1. The lowest BCUT2D eigenvalue weighted by molar-refractivity contribution is -0.113. The van der Waals surface area contributed by atoms with Crippen LogP contribution in [0, 0.1) is 11.6 Å².